The molecule has 49 heavy (non-hydrogen) atoms. The smallest absolute Gasteiger partial charge is 0.136 e. The highest BCUT2D eigenvalue weighted by Crippen LogP contribution is 2.48. The van der Waals surface area contributed by atoms with Crippen LogP contribution in [0.15, 0.2) is 186 Å². The average molecular weight is 635 g/mol. The minimum absolute atomic E-state index is 0.0154. The summed E-state index contributed by atoms with van der Waals surface area (Å²) in [6.45, 7) is 0. The Morgan fingerprint density at radius 1 is 0.367 bits per heavy atom. The Bertz CT molecular complexity index is 3490. The van der Waals surface area contributed by atoms with E-state index in [4.69, 9.17) is 14.0 Å². The molecule has 0 spiro atoms. The molecule has 0 saturated carbocycles. The molecule has 0 bridgehead atoms. The van der Waals surface area contributed by atoms with Gasteiger partial charge in [0.1, 0.15) is 11.2 Å². The zero-order chi connectivity index (χ0) is 42.8. The molecule has 10 rings (SSSR count). The molecule has 0 saturated heterocycles. The third-order valence-corrected chi connectivity index (χ3v) is 9.07. The SMILES string of the molecule is [2H]c1c(-c2ccccc2)c([2H])c2c(oc3c([2H])c([2H])c([2H])c(-c4c5ccccc5c(-c5c([2H])c(-c6ccccc6)c([2H])c6c([2H])c([2H])c([2H])c([2H])c56)c5ccccc45)c32)c1[2H]. The number of hydrogen-bond donors (Lipinski definition) is 0. The average Bonchev–Trinajstić information content (AvgIpc) is 3.68. The van der Waals surface area contributed by atoms with Gasteiger partial charge in [-0.15, -0.1) is 0 Å². The molecule has 1 nitrogen and oxygen atoms in total. The normalized spacial score (nSPS) is 15.1. The van der Waals surface area contributed by atoms with Crippen molar-refractivity contribution < 1.29 is 20.9 Å². The number of rotatable bonds is 4. The van der Waals surface area contributed by atoms with E-state index >= 15 is 0 Å². The van der Waals surface area contributed by atoms with E-state index in [-0.39, 0.29) is 91.2 Å². The molecular formula is C48H30O. The van der Waals surface area contributed by atoms with Crippen molar-refractivity contribution in [2.75, 3.05) is 0 Å². The van der Waals surface area contributed by atoms with Gasteiger partial charge in [0.15, 0.2) is 0 Å². The van der Waals surface area contributed by atoms with E-state index in [0.717, 1.165) is 0 Å². The molecule has 0 N–H and O–H groups in total. The predicted octanol–water partition coefficient (Wildman–Crippen LogP) is 13.7. The van der Waals surface area contributed by atoms with Crippen molar-refractivity contribution in [1.29, 1.82) is 0 Å². The van der Waals surface area contributed by atoms with Crippen LogP contribution in [0.2, 0.25) is 0 Å². The summed E-state index contributed by atoms with van der Waals surface area (Å²) in [4.78, 5) is 0. The number of fused-ring (bicyclic) bond motifs is 6. The van der Waals surface area contributed by atoms with E-state index in [1.54, 1.807) is 72.8 Å². The molecule has 0 amide bonds. The lowest BCUT2D eigenvalue weighted by molar-refractivity contribution is 0.669. The zero-order valence-corrected chi connectivity index (χ0v) is 25.8. The maximum Gasteiger partial charge on any atom is 0.136 e. The van der Waals surface area contributed by atoms with Gasteiger partial charge in [0.2, 0.25) is 0 Å². The second-order valence-electron chi connectivity index (χ2n) is 11.8. The van der Waals surface area contributed by atoms with Crippen molar-refractivity contribution in [3.05, 3.63) is 182 Å². The quantitative estimate of drug-likeness (QED) is 0.176. The Morgan fingerprint density at radius 2 is 0.959 bits per heavy atom. The van der Waals surface area contributed by atoms with Gasteiger partial charge in [0.05, 0.1) is 16.4 Å². The van der Waals surface area contributed by atoms with E-state index < -0.39 is 36.3 Å². The molecule has 0 aliphatic carbocycles. The van der Waals surface area contributed by atoms with Crippen molar-refractivity contribution in [1.82, 2.24) is 0 Å². The Hall–Kier alpha value is -6.44. The Morgan fingerprint density at radius 3 is 1.63 bits per heavy atom. The van der Waals surface area contributed by atoms with Crippen molar-refractivity contribution in [2.45, 2.75) is 0 Å². The van der Waals surface area contributed by atoms with Crippen molar-refractivity contribution in [3.8, 4) is 44.5 Å². The maximum atomic E-state index is 9.90. The van der Waals surface area contributed by atoms with Crippen molar-refractivity contribution in [2.24, 2.45) is 0 Å². The molecule has 0 radical (unpaired) electrons. The summed E-state index contributed by atoms with van der Waals surface area (Å²) in [7, 11) is 0. The van der Waals surface area contributed by atoms with Crippen LogP contribution in [0.1, 0.15) is 16.4 Å². The highest BCUT2D eigenvalue weighted by molar-refractivity contribution is 6.27. The highest BCUT2D eigenvalue weighted by Gasteiger charge is 2.21. The molecule has 1 heterocycles. The molecule has 9 aromatic carbocycles. The predicted molar refractivity (Wildman–Crippen MR) is 208 cm³/mol. The minimum Gasteiger partial charge on any atom is -0.456 e. The summed E-state index contributed by atoms with van der Waals surface area (Å²) >= 11 is 0. The first-order valence-corrected chi connectivity index (χ1v) is 15.9. The Labute approximate surface area is 301 Å². The Kier molecular flexibility index (Phi) is 4.11. The molecular weight excluding hydrogens is 593 g/mol. The molecule has 10 aromatic rings. The van der Waals surface area contributed by atoms with Crippen molar-refractivity contribution >= 4 is 54.3 Å². The summed E-state index contributed by atoms with van der Waals surface area (Å²) in [5, 5.41) is 2.39. The molecule has 1 heteroatoms. The van der Waals surface area contributed by atoms with Gasteiger partial charge in [-0.05, 0) is 107 Å². The van der Waals surface area contributed by atoms with E-state index in [9.17, 15) is 6.85 Å². The van der Waals surface area contributed by atoms with Crippen LogP contribution < -0.4 is 0 Å². The third-order valence-electron chi connectivity index (χ3n) is 9.07. The van der Waals surface area contributed by atoms with Gasteiger partial charge in [-0.25, -0.2) is 0 Å². The monoisotopic (exact) mass is 634 g/mol. The fraction of sp³-hybridized carbons (Fsp3) is 0. The number of furan rings is 1. The second kappa shape index (κ2) is 11.1. The lowest BCUT2D eigenvalue weighted by Crippen LogP contribution is -1.93. The molecule has 0 unspecified atom stereocenters. The lowest BCUT2D eigenvalue weighted by atomic mass is 9.83. The summed E-state index contributed by atoms with van der Waals surface area (Å²) < 4.78 is 116. The van der Waals surface area contributed by atoms with E-state index in [1.165, 1.54) is 0 Å². The minimum atomic E-state index is -0.507. The number of benzene rings is 9. The van der Waals surface area contributed by atoms with Crippen LogP contribution in [0, 0.1) is 0 Å². The van der Waals surface area contributed by atoms with Crippen LogP contribution in [0.25, 0.3) is 98.8 Å². The number of hydrogen-bond acceptors (Lipinski definition) is 1. The zero-order valence-electron chi connectivity index (χ0n) is 37.8. The van der Waals surface area contributed by atoms with Gasteiger partial charge in [0.25, 0.3) is 0 Å². The molecule has 0 atom stereocenters. The van der Waals surface area contributed by atoms with E-state index in [2.05, 4.69) is 0 Å². The summed E-state index contributed by atoms with van der Waals surface area (Å²) in [6.07, 6.45) is 0. The van der Waals surface area contributed by atoms with Crippen LogP contribution >= 0.6 is 0 Å². The fourth-order valence-electron chi connectivity index (χ4n) is 6.93. The van der Waals surface area contributed by atoms with Gasteiger partial charge in [-0.3, -0.25) is 0 Å². The maximum absolute atomic E-state index is 9.90. The van der Waals surface area contributed by atoms with Gasteiger partial charge >= 0.3 is 0 Å². The molecule has 228 valence electrons. The first-order chi connectivity index (χ1) is 29.3. The van der Waals surface area contributed by atoms with Crippen LogP contribution in [0.5, 0.6) is 0 Å². The topological polar surface area (TPSA) is 13.1 Å². The van der Waals surface area contributed by atoms with E-state index in [1.807, 2.05) is 36.4 Å². The first-order valence-electron chi connectivity index (χ1n) is 21.9. The van der Waals surface area contributed by atoms with E-state index in [0.29, 0.717) is 43.8 Å². The largest absolute Gasteiger partial charge is 0.456 e. The van der Waals surface area contributed by atoms with Crippen LogP contribution in [-0.2, 0) is 0 Å². The van der Waals surface area contributed by atoms with Gasteiger partial charge in [0, 0.05) is 10.8 Å². The fourth-order valence-corrected chi connectivity index (χ4v) is 6.93. The highest BCUT2D eigenvalue weighted by atomic mass is 16.3. The standard InChI is InChI=1S/C48H30O/c1-3-14-31(15-4-1)33-26-27-44-43(29-33)48-41(24-13-25-45(48)49-44)46-37-20-9-11-22-39(37)47(40-23-12-10-21-38(40)46)42-30-35(32-16-5-2-6-17-32)28-34-18-7-8-19-36(34)42/h1-30H/i7D,8D,13D,18D,19D,24D,25D,26D,27D,28D,29D,30D. The summed E-state index contributed by atoms with van der Waals surface area (Å²) in [5.41, 5.74) is 2.45. The first kappa shape index (κ1) is 18.2. The van der Waals surface area contributed by atoms with Crippen LogP contribution in [-0.4, -0.2) is 0 Å². The second-order valence-corrected chi connectivity index (χ2v) is 11.8. The lowest BCUT2D eigenvalue weighted by Gasteiger charge is -2.20. The third kappa shape index (κ3) is 4.40. The Balaban J connectivity index is 1.44. The van der Waals surface area contributed by atoms with Crippen LogP contribution in [0.4, 0.5) is 0 Å². The molecule has 0 aliphatic heterocycles. The van der Waals surface area contributed by atoms with Gasteiger partial charge in [-0.2, -0.15) is 0 Å². The molecule has 1 aromatic heterocycles. The van der Waals surface area contributed by atoms with Crippen LogP contribution in [0.3, 0.4) is 0 Å². The molecule has 0 fully saturated rings. The van der Waals surface area contributed by atoms with Gasteiger partial charge in [-0.1, -0.05) is 151 Å². The van der Waals surface area contributed by atoms with Crippen molar-refractivity contribution in [3.63, 3.8) is 0 Å². The molecule has 0 aliphatic rings. The summed E-state index contributed by atoms with van der Waals surface area (Å²) in [6, 6.07) is 28.2. The van der Waals surface area contributed by atoms with Gasteiger partial charge < -0.3 is 4.42 Å². The summed E-state index contributed by atoms with van der Waals surface area (Å²) in [5.74, 6) is 0.